The van der Waals surface area contributed by atoms with Crippen molar-refractivity contribution in [1.29, 1.82) is 0 Å². The van der Waals surface area contributed by atoms with Crippen LogP contribution >= 0.6 is 0 Å². The van der Waals surface area contributed by atoms with Gasteiger partial charge in [-0.15, -0.1) is 0 Å². The number of aliphatic carboxylic acids is 2. The lowest BCUT2D eigenvalue weighted by Gasteiger charge is -2.10. The number of carbonyl (C=O) groups is 2. The van der Waals surface area contributed by atoms with Crippen LogP contribution in [0.2, 0.25) is 0 Å². The third-order valence-corrected chi connectivity index (χ3v) is 2.21. The van der Waals surface area contributed by atoms with Crippen LogP contribution in [-0.2, 0) is 16.0 Å². The van der Waals surface area contributed by atoms with Gasteiger partial charge in [0.05, 0.1) is 7.11 Å². The van der Waals surface area contributed by atoms with Gasteiger partial charge in [0.15, 0.2) is 18.1 Å². The van der Waals surface area contributed by atoms with E-state index in [1.165, 1.54) is 7.11 Å². The third-order valence-electron chi connectivity index (χ3n) is 2.21. The molecule has 6 heteroatoms. The molecule has 0 spiro atoms. The minimum Gasteiger partial charge on any atom is -0.493 e. The molecule has 0 aliphatic rings. The van der Waals surface area contributed by atoms with Crippen LogP contribution in [0.4, 0.5) is 0 Å². The molecule has 18 heavy (non-hydrogen) atoms. The van der Waals surface area contributed by atoms with Gasteiger partial charge in [0, 0.05) is 6.42 Å². The van der Waals surface area contributed by atoms with Gasteiger partial charge in [0.25, 0.3) is 0 Å². The molecular weight excluding hydrogens is 240 g/mol. The molecule has 0 saturated carbocycles. The Balaban J connectivity index is 2.75. The van der Waals surface area contributed by atoms with Gasteiger partial charge in [-0.05, 0) is 24.1 Å². The van der Waals surface area contributed by atoms with E-state index in [4.69, 9.17) is 19.7 Å². The summed E-state index contributed by atoms with van der Waals surface area (Å²) in [6, 6.07) is 4.89. The second-order valence-corrected chi connectivity index (χ2v) is 3.56. The molecule has 1 aromatic rings. The van der Waals surface area contributed by atoms with Gasteiger partial charge in [-0.2, -0.15) is 0 Å². The second kappa shape index (κ2) is 6.48. The molecule has 0 radical (unpaired) electrons. The number of hydrogen-bond acceptors (Lipinski definition) is 4. The van der Waals surface area contributed by atoms with Crippen LogP contribution in [0.5, 0.6) is 11.5 Å². The quantitative estimate of drug-likeness (QED) is 0.758. The maximum absolute atomic E-state index is 10.5. The molecule has 0 aliphatic carbocycles. The third kappa shape index (κ3) is 4.32. The van der Waals surface area contributed by atoms with Gasteiger partial charge in [0.2, 0.25) is 0 Å². The van der Waals surface area contributed by atoms with E-state index in [0.29, 0.717) is 17.9 Å². The van der Waals surface area contributed by atoms with Crippen molar-refractivity contribution in [2.24, 2.45) is 0 Å². The molecule has 1 aromatic carbocycles. The summed E-state index contributed by atoms with van der Waals surface area (Å²) in [5.74, 6) is -1.25. The average molecular weight is 254 g/mol. The molecule has 0 aliphatic heterocycles. The number of rotatable bonds is 7. The first kappa shape index (κ1) is 13.8. The van der Waals surface area contributed by atoms with Crippen LogP contribution in [0.1, 0.15) is 12.0 Å². The Kier molecular flexibility index (Phi) is 4.98. The van der Waals surface area contributed by atoms with Crippen molar-refractivity contribution < 1.29 is 29.3 Å². The SMILES string of the molecule is COc1cc(CCC(=O)O)ccc1OCC(=O)O. The number of benzene rings is 1. The van der Waals surface area contributed by atoms with Crippen molar-refractivity contribution in [3.63, 3.8) is 0 Å². The standard InChI is InChI=1S/C12H14O6/c1-17-10-6-8(3-5-11(13)14)2-4-9(10)18-7-12(15)16/h2,4,6H,3,5,7H2,1H3,(H,13,14)(H,15,16). The molecule has 0 amide bonds. The van der Waals surface area contributed by atoms with Crippen molar-refractivity contribution in [1.82, 2.24) is 0 Å². The van der Waals surface area contributed by atoms with E-state index in [1.54, 1.807) is 18.2 Å². The Morgan fingerprint density at radius 2 is 1.89 bits per heavy atom. The minimum atomic E-state index is -1.08. The highest BCUT2D eigenvalue weighted by Crippen LogP contribution is 2.28. The summed E-state index contributed by atoms with van der Waals surface area (Å²) >= 11 is 0. The smallest absolute Gasteiger partial charge is 0.341 e. The Hall–Kier alpha value is -2.24. The lowest BCUT2D eigenvalue weighted by molar-refractivity contribution is -0.139. The molecule has 0 fully saturated rings. The van der Waals surface area contributed by atoms with Gasteiger partial charge >= 0.3 is 11.9 Å². The highest BCUT2D eigenvalue weighted by Gasteiger charge is 2.08. The number of aryl methyl sites for hydroxylation is 1. The van der Waals surface area contributed by atoms with Gasteiger partial charge in [-0.3, -0.25) is 4.79 Å². The Labute approximate surface area is 104 Å². The van der Waals surface area contributed by atoms with Crippen LogP contribution in [0.15, 0.2) is 18.2 Å². The van der Waals surface area contributed by atoms with Crippen molar-refractivity contribution in [2.45, 2.75) is 12.8 Å². The maximum Gasteiger partial charge on any atom is 0.341 e. The predicted molar refractivity (Wildman–Crippen MR) is 62.1 cm³/mol. The van der Waals surface area contributed by atoms with Crippen LogP contribution in [0.3, 0.4) is 0 Å². The summed E-state index contributed by atoms with van der Waals surface area (Å²) in [6.45, 7) is -0.454. The van der Waals surface area contributed by atoms with Crippen LogP contribution in [0.25, 0.3) is 0 Å². The Morgan fingerprint density at radius 3 is 2.44 bits per heavy atom. The minimum absolute atomic E-state index is 0.0263. The van der Waals surface area contributed by atoms with E-state index in [0.717, 1.165) is 5.56 Å². The lowest BCUT2D eigenvalue weighted by atomic mass is 10.1. The number of carboxylic acids is 2. The van der Waals surface area contributed by atoms with E-state index >= 15 is 0 Å². The van der Waals surface area contributed by atoms with E-state index in [9.17, 15) is 9.59 Å². The zero-order chi connectivity index (χ0) is 13.5. The van der Waals surface area contributed by atoms with E-state index in [1.807, 2.05) is 0 Å². The fourth-order valence-electron chi connectivity index (χ4n) is 1.38. The first-order valence-electron chi connectivity index (χ1n) is 5.26. The molecule has 0 bridgehead atoms. The molecule has 0 atom stereocenters. The number of hydrogen-bond donors (Lipinski definition) is 2. The van der Waals surface area contributed by atoms with Crippen LogP contribution < -0.4 is 9.47 Å². The maximum atomic E-state index is 10.5. The predicted octanol–water partition coefficient (Wildman–Crippen LogP) is 1.18. The van der Waals surface area contributed by atoms with Gasteiger partial charge < -0.3 is 19.7 Å². The molecule has 0 saturated heterocycles. The Morgan fingerprint density at radius 1 is 1.17 bits per heavy atom. The Bertz CT molecular complexity index is 440. The zero-order valence-electron chi connectivity index (χ0n) is 9.88. The molecule has 0 aromatic heterocycles. The summed E-state index contributed by atoms with van der Waals surface area (Å²) in [4.78, 5) is 20.8. The van der Waals surface area contributed by atoms with Crippen LogP contribution in [0, 0.1) is 0 Å². The van der Waals surface area contributed by atoms with Gasteiger partial charge in [-0.25, -0.2) is 4.79 Å². The molecule has 0 unspecified atom stereocenters. The summed E-state index contributed by atoms with van der Waals surface area (Å²) in [6.07, 6.45) is 0.406. The van der Waals surface area contributed by atoms with Gasteiger partial charge in [0.1, 0.15) is 0 Å². The summed E-state index contributed by atoms with van der Waals surface area (Å²) in [7, 11) is 1.43. The normalized spacial score (nSPS) is 9.83. The highest BCUT2D eigenvalue weighted by atomic mass is 16.5. The largest absolute Gasteiger partial charge is 0.493 e. The molecule has 2 N–H and O–H groups in total. The molecular formula is C12H14O6. The highest BCUT2D eigenvalue weighted by molar-refractivity contribution is 5.68. The van der Waals surface area contributed by atoms with E-state index < -0.39 is 18.5 Å². The fourth-order valence-corrected chi connectivity index (χ4v) is 1.38. The molecule has 0 heterocycles. The summed E-state index contributed by atoms with van der Waals surface area (Å²) < 4.78 is 10.1. The first-order valence-corrected chi connectivity index (χ1v) is 5.26. The van der Waals surface area contributed by atoms with Crippen LogP contribution in [-0.4, -0.2) is 35.9 Å². The van der Waals surface area contributed by atoms with Crippen molar-refractivity contribution in [3.05, 3.63) is 23.8 Å². The van der Waals surface area contributed by atoms with Gasteiger partial charge in [-0.1, -0.05) is 6.07 Å². The topological polar surface area (TPSA) is 93.1 Å². The number of carboxylic acid groups (broad SMARTS) is 2. The lowest BCUT2D eigenvalue weighted by Crippen LogP contribution is -2.10. The van der Waals surface area contributed by atoms with E-state index in [-0.39, 0.29) is 6.42 Å². The first-order chi connectivity index (χ1) is 8.52. The fraction of sp³-hybridized carbons (Fsp3) is 0.333. The number of ether oxygens (including phenoxy) is 2. The van der Waals surface area contributed by atoms with Crippen molar-refractivity contribution >= 4 is 11.9 Å². The number of methoxy groups -OCH3 is 1. The zero-order valence-corrected chi connectivity index (χ0v) is 9.88. The molecule has 6 nitrogen and oxygen atoms in total. The average Bonchev–Trinajstić information content (AvgIpc) is 2.34. The summed E-state index contributed by atoms with van der Waals surface area (Å²) in [5.41, 5.74) is 0.789. The second-order valence-electron chi connectivity index (χ2n) is 3.56. The van der Waals surface area contributed by atoms with Crippen molar-refractivity contribution in [3.8, 4) is 11.5 Å². The summed E-state index contributed by atoms with van der Waals surface area (Å²) in [5, 5.41) is 17.1. The van der Waals surface area contributed by atoms with Crippen molar-refractivity contribution in [2.75, 3.05) is 13.7 Å². The molecule has 1 rings (SSSR count). The monoisotopic (exact) mass is 254 g/mol. The van der Waals surface area contributed by atoms with E-state index in [2.05, 4.69) is 0 Å². The molecule has 98 valence electrons.